The number of nitrogens with one attached hydrogen (secondary N) is 1. The van der Waals surface area contributed by atoms with Crippen LogP contribution in [-0.4, -0.2) is 63.6 Å². The topological polar surface area (TPSA) is 91.3 Å². The zero-order valence-corrected chi connectivity index (χ0v) is 16.4. The van der Waals surface area contributed by atoms with E-state index in [0.717, 1.165) is 34.9 Å². The molecule has 162 valence electrons. The molecule has 2 aromatic rings. The van der Waals surface area contributed by atoms with Crippen LogP contribution in [0.25, 0.3) is 11.4 Å². The first kappa shape index (κ1) is 20.6. The first-order valence-corrected chi connectivity index (χ1v) is 9.85. The largest absolute Gasteiger partial charge is 0.497 e. The number of halogens is 3. The zero-order chi connectivity index (χ0) is 21.5. The number of alkyl halides is 3. The van der Waals surface area contributed by atoms with Crippen LogP contribution in [0.5, 0.6) is 5.75 Å². The predicted octanol–water partition coefficient (Wildman–Crippen LogP) is 2.67. The number of rotatable bonds is 5. The van der Waals surface area contributed by atoms with Gasteiger partial charge in [0, 0.05) is 24.1 Å². The third kappa shape index (κ3) is 3.76. The number of piperidine rings is 1. The number of methoxy groups -OCH3 is 1. The van der Waals surface area contributed by atoms with Crippen LogP contribution in [0.4, 0.5) is 13.2 Å². The zero-order valence-electron chi connectivity index (χ0n) is 16.4. The molecule has 10 heteroatoms. The number of aromatic nitrogens is 3. The molecule has 2 heterocycles. The Morgan fingerprint density at radius 2 is 1.90 bits per heavy atom. The molecule has 0 unspecified atom stereocenters. The minimum absolute atomic E-state index is 0.171. The normalized spacial score (nSPS) is 20.1. The number of aromatic amines is 1. The lowest BCUT2D eigenvalue weighted by Gasteiger charge is -2.36. The fourth-order valence-corrected chi connectivity index (χ4v) is 4.29. The van der Waals surface area contributed by atoms with Crippen LogP contribution in [0.3, 0.4) is 0 Å². The fraction of sp³-hybridized carbons (Fsp3) is 0.550. The highest BCUT2D eigenvalue weighted by Gasteiger charge is 2.54. The van der Waals surface area contributed by atoms with Crippen molar-refractivity contribution in [2.45, 2.75) is 43.4 Å². The molecular formula is C20H23F3N4O3. The van der Waals surface area contributed by atoms with Crippen molar-refractivity contribution in [3.8, 4) is 17.1 Å². The molecule has 2 aliphatic rings. The highest BCUT2D eigenvalue weighted by molar-refractivity contribution is 5.81. The molecule has 4 rings (SSSR count). The highest BCUT2D eigenvalue weighted by atomic mass is 19.4. The summed E-state index contributed by atoms with van der Waals surface area (Å²) >= 11 is 0. The van der Waals surface area contributed by atoms with Crippen LogP contribution in [0.2, 0.25) is 0 Å². The molecule has 2 fully saturated rings. The molecule has 2 N–H and O–H groups in total. The van der Waals surface area contributed by atoms with Gasteiger partial charge in [-0.15, -0.1) is 0 Å². The molecule has 0 spiro atoms. The van der Waals surface area contributed by atoms with Gasteiger partial charge in [0.1, 0.15) is 11.6 Å². The van der Waals surface area contributed by atoms with Gasteiger partial charge in [-0.05, 0) is 55.9 Å². The van der Waals surface area contributed by atoms with Gasteiger partial charge in [0.25, 0.3) is 5.91 Å². The van der Waals surface area contributed by atoms with Crippen LogP contribution >= 0.6 is 0 Å². The summed E-state index contributed by atoms with van der Waals surface area (Å²) in [7, 11) is 1.60. The van der Waals surface area contributed by atoms with Crippen molar-refractivity contribution in [1.29, 1.82) is 0 Å². The van der Waals surface area contributed by atoms with Gasteiger partial charge in [0.05, 0.1) is 7.11 Å². The number of hydrogen-bond acceptors (Lipinski definition) is 5. The Balaban J connectivity index is 1.42. The van der Waals surface area contributed by atoms with Crippen molar-refractivity contribution in [2.75, 3.05) is 20.2 Å². The number of aliphatic hydroxyl groups is 1. The van der Waals surface area contributed by atoms with Gasteiger partial charge < -0.3 is 14.7 Å². The molecule has 1 aromatic carbocycles. The third-order valence-corrected chi connectivity index (χ3v) is 6.23. The Morgan fingerprint density at radius 3 is 2.43 bits per heavy atom. The lowest BCUT2D eigenvalue weighted by Crippen LogP contribution is -2.50. The smallest absolute Gasteiger partial charge is 0.423 e. The molecule has 1 aliphatic heterocycles. The monoisotopic (exact) mass is 424 g/mol. The van der Waals surface area contributed by atoms with Crippen LogP contribution in [0.1, 0.15) is 31.5 Å². The number of likely N-dealkylation sites (tertiary alicyclic amines) is 1. The van der Waals surface area contributed by atoms with Crippen molar-refractivity contribution < 1.29 is 27.8 Å². The van der Waals surface area contributed by atoms with Crippen LogP contribution < -0.4 is 4.74 Å². The molecule has 7 nitrogen and oxygen atoms in total. The number of carbonyl (C=O) groups is 1. The summed E-state index contributed by atoms with van der Waals surface area (Å²) in [5.74, 6) is 1.03. The second-order valence-corrected chi connectivity index (χ2v) is 7.94. The Kier molecular flexibility index (Phi) is 5.21. The summed E-state index contributed by atoms with van der Waals surface area (Å²) in [4.78, 5) is 17.7. The Morgan fingerprint density at radius 1 is 1.27 bits per heavy atom. The molecule has 30 heavy (non-hydrogen) atoms. The van der Waals surface area contributed by atoms with Gasteiger partial charge >= 0.3 is 6.18 Å². The summed E-state index contributed by atoms with van der Waals surface area (Å²) in [6.07, 6.45) is -4.92. The molecule has 1 amide bonds. The molecule has 1 aromatic heterocycles. The first-order chi connectivity index (χ1) is 14.2. The van der Waals surface area contributed by atoms with E-state index >= 15 is 0 Å². The maximum atomic E-state index is 12.6. The standard InChI is InChI=1S/C20H23F3N4O3/c1-30-14-4-2-12(3-5-14)16-24-18(26-25-16)19(8-9-19)13-6-10-27(11-7-13)17(29)15(28)20(21,22)23/h2-5,13,15,28H,6-11H2,1H3,(H,24,25,26)/t15-/m1/s1. The van der Waals surface area contributed by atoms with Gasteiger partial charge in [-0.3, -0.25) is 9.89 Å². The van der Waals surface area contributed by atoms with E-state index in [9.17, 15) is 23.1 Å². The highest BCUT2D eigenvalue weighted by Crippen LogP contribution is 2.55. The summed E-state index contributed by atoms with van der Waals surface area (Å²) in [6, 6.07) is 7.42. The average molecular weight is 424 g/mol. The van der Waals surface area contributed by atoms with E-state index in [-0.39, 0.29) is 24.4 Å². The fourth-order valence-electron chi connectivity index (χ4n) is 4.29. The molecule has 1 atom stereocenters. The van der Waals surface area contributed by atoms with Crippen LogP contribution in [0.15, 0.2) is 24.3 Å². The molecule has 0 bridgehead atoms. The van der Waals surface area contributed by atoms with Crippen LogP contribution in [0, 0.1) is 5.92 Å². The van der Waals surface area contributed by atoms with E-state index in [1.807, 2.05) is 24.3 Å². The Bertz CT molecular complexity index is 901. The minimum Gasteiger partial charge on any atom is -0.497 e. The van der Waals surface area contributed by atoms with Gasteiger partial charge in [-0.2, -0.15) is 18.3 Å². The van der Waals surface area contributed by atoms with Gasteiger partial charge in [0.2, 0.25) is 6.10 Å². The van der Waals surface area contributed by atoms with Crippen molar-refractivity contribution >= 4 is 5.91 Å². The molecule has 1 aliphatic carbocycles. The van der Waals surface area contributed by atoms with Crippen molar-refractivity contribution in [3.05, 3.63) is 30.1 Å². The number of amides is 1. The summed E-state index contributed by atoms with van der Waals surface area (Å²) in [5.41, 5.74) is 0.686. The van der Waals surface area contributed by atoms with Gasteiger partial charge in [-0.25, -0.2) is 4.98 Å². The second-order valence-electron chi connectivity index (χ2n) is 7.94. The Hall–Kier alpha value is -2.62. The lowest BCUT2D eigenvalue weighted by atomic mass is 9.81. The number of H-pyrrole nitrogens is 1. The molecule has 1 saturated carbocycles. The van der Waals surface area contributed by atoms with Crippen LogP contribution in [-0.2, 0) is 10.2 Å². The Labute approximate surface area is 171 Å². The maximum absolute atomic E-state index is 12.6. The van der Waals surface area contributed by atoms with E-state index in [1.54, 1.807) is 7.11 Å². The molecule has 1 saturated heterocycles. The number of hydrogen-bond donors (Lipinski definition) is 2. The molecule has 0 radical (unpaired) electrons. The van der Waals surface area contributed by atoms with E-state index in [1.165, 1.54) is 0 Å². The number of ether oxygens (including phenoxy) is 1. The van der Waals surface area contributed by atoms with Gasteiger partial charge in [-0.1, -0.05) is 0 Å². The maximum Gasteiger partial charge on any atom is 0.423 e. The summed E-state index contributed by atoms with van der Waals surface area (Å²) in [5, 5.41) is 16.6. The SMILES string of the molecule is COc1ccc(-c2n[nH]c(C3(C4CCN(C(=O)[C@@H](O)C(F)(F)F)CC4)CC3)n2)cc1. The predicted molar refractivity (Wildman–Crippen MR) is 101 cm³/mol. The van der Waals surface area contributed by atoms with Crippen molar-refractivity contribution in [3.63, 3.8) is 0 Å². The molecular weight excluding hydrogens is 401 g/mol. The summed E-state index contributed by atoms with van der Waals surface area (Å²) < 4.78 is 43.0. The number of aliphatic hydroxyl groups excluding tert-OH is 1. The van der Waals surface area contributed by atoms with E-state index < -0.39 is 18.2 Å². The van der Waals surface area contributed by atoms with Crippen molar-refractivity contribution in [2.24, 2.45) is 5.92 Å². The number of carbonyl (C=O) groups excluding carboxylic acids is 1. The van der Waals surface area contributed by atoms with Gasteiger partial charge in [0.15, 0.2) is 5.82 Å². The first-order valence-electron chi connectivity index (χ1n) is 9.85. The number of nitrogens with zero attached hydrogens (tertiary/aromatic N) is 3. The lowest BCUT2D eigenvalue weighted by molar-refractivity contribution is -0.211. The second kappa shape index (κ2) is 7.57. The van der Waals surface area contributed by atoms with Crippen molar-refractivity contribution in [1.82, 2.24) is 20.1 Å². The van der Waals surface area contributed by atoms with E-state index in [2.05, 4.69) is 15.2 Å². The summed E-state index contributed by atoms with van der Waals surface area (Å²) in [6.45, 7) is 0.385. The average Bonchev–Trinajstić information content (AvgIpc) is 3.41. The van der Waals surface area contributed by atoms with E-state index in [0.29, 0.717) is 18.7 Å². The van der Waals surface area contributed by atoms with E-state index in [4.69, 9.17) is 4.74 Å². The number of benzene rings is 1. The third-order valence-electron chi connectivity index (χ3n) is 6.23. The minimum atomic E-state index is -4.94. The quantitative estimate of drug-likeness (QED) is 0.770.